The summed E-state index contributed by atoms with van der Waals surface area (Å²) in [5.74, 6) is 1.50. The van der Waals surface area contributed by atoms with Crippen LogP contribution in [0.3, 0.4) is 0 Å². The molecular weight excluding hydrogens is 232 g/mol. The number of H-pyrrole nitrogens is 1. The highest BCUT2D eigenvalue weighted by molar-refractivity contribution is 5.72. The summed E-state index contributed by atoms with van der Waals surface area (Å²) in [7, 11) is 0. The number of imidazole rings is 1. The van der Waals surface area contributed by atoms with Crippen molar-refractivity contribution in [3.8, 4) is 0 Å². The molecule has 0 fully saturated rings. The summed E-state index contributed by atoms with van der Waals surface area (Å²) >= 11 is 0. The highest BCUT2D eigenvalue weighted by Gasteiger charge is 2.24. The first kappa shape index (κ1) is 9.28. The van der Waals surface area contributed by atoms with E-state index in [9.17, 15) is 0 Å². The molecule has 4 heterocycles. The summed E-state index contributed by atoms with van der Waals surface area (Å²) < 4.78 is 0. The molecule has 1 aliphatic rings. The number of nitrogens with one attached hydrogen (secondary N) is 3. The average Bonchev–Trinajstić information content (AvgIpc) is 3.02. The third-order valence-electron chi connectivity index (χ3n) is 2.75. The third-order valence-corrected chi connectivity index (χ3v) is 2.75. The molecule has 1 unspecified atom stereocenters. The molecule has 0 amide bonds. The van der Waals surface area contributed by atoms with Gasteiger partial charge in [0, 0.05) is 0 Å². The molecule has 0 saturated carbocycles. The molecule has 0 saturated heterocycles. The molecule has 1 aliphatic heterocycles. The Morgan fingerprint density at radius 1 is 1.00 bits per heavy atom. The van der Waals surface area contributed by atoms with Crippen LogP contribution in [-0.4, -0.2) is 29.9 Å². The van der Waals surface area contributed by atoms with Gasteiger partial charge in [0.2, 0.25) is 0 Å². The fraction of sp³-hybridized carbons (Fsp3) is 0.100. The molecule has 0 aromatic carbocycles. The second kappa shape index (κ2) is 3.36. The van der Waals surface area contributed by atoms with Crippen LogP contribution in [0.2, 0.25) is 0 Å². The van der Waals surface area contributed by atoms with Crippen LogP contribution in [0.15, 0.2) is 25.0 Å². The number of rotatable bonds is 1. The minimum atomic E-state index is -0.161. The molecule has 0 bridgehead atoms. The largest absolute Gasteiger partial charge is 0.355 e. The third kappa shape index (κ3) is 1.29. The van der Waals surface area contributed by atoms with E-state index in [2.05, 4.69) is 40.5 Å². The fourth-order valence-electron chi connectivity index (χ4n) is 1.93. The number of anilines is 2. The summed E-state index contributed by atoms with van der Waals surface area (Å²) in [6, 6.07) is 0. The van der Waals surface area contributed by atoms with Crippen LogP contribution in [0.1, 0.15) is 12.0 Å². The predicted octanol–water partition coefficient (Wildman–Crippen LogP) is 0.679. The first-order valence-electron chi connectivity index (χ1n) is 5.39. The topological polar surface area (TPSA) is 104 Å². The monoisotopic (exact) mass is 240 g/mol. The number of aromatic amines is 1. The van der Waals surface area contributed by atoms with Gasteiger partial charge in [-0.1, -0.05) is 0 Å². The molecule has 8 nitrogen and oxygen atoms in total. The SMILES string of the molecule is c1ncc2c(n1)NC(c1nc3ncncc3[nH]1)N2. The second-order valence-corrected chi connectivity index (χ2v) is 3.89. The van der Waals surface area contributed by atoms with E-state index < -0.39 is 0 Å². The molecule has 0 aliphatic carbocycles. The lowest BCUT2D eigenvalue weighted by Crippen LogP contribution is -2.13. The van der Waals surface area contributed by atoms with E-state index >= 15 is 0 Å². The number of hydrogen-bond donors (Lipinski definition) is 3. The van der Waals surface area contributed by atoms with Crippen LogP contribution in [0, 0.1) is 0 Å². The molecule has 0 radical (unpaired) electrons. The van der Waals surface area contributed by atoms with E-state index in [0.717, 1.165) is 22.8 Å². The Morgan fingerprint density at radius 2 is 1.89 bits per heavy atom. The highest BCUT2D eigenvalue weighted by Crippen LogP contribution is 2.31. The van der Waals surface area contributed by atoms with Gasteiger partial charge in [-0.05, 0) is 0 Å². The molecule has 3 aromatic rings. The maximum atomic E-state index is 4.40. The van der Waals surface area contributed by atoms with Gasteiger partial charge in [0.25, 0.3) is 0 Å². The van der Waals surface area contributed by atoms with Gasteiger partial charge in [-0.15, -0.1) is 0 Å². The first-order chi connectivity index (χ1) is 8.90. The van der Waals surface area contributed by atoms with Gasteiger partial charge in [0.05, 0.1) is 18.1 Å². The maximum Gasteiger partial charge on any atom is 0.180 e. The van der Waals surface area contributed by atoms with Gasteiger partial charge in [-0.3, -0.25) is 0 Å². The maximum absolute atomic E-state index is 4.40. The molecule has 88 valence electrons. The first-order valence-corrected chi connectivity index (χ1v) is 5.39. The van der Waals surface area contributed by atoms with Crippen molar-refractivity contribution in [2.24, 2.45) is 0 Å². The standard InChI is InChI=1S/C10H8N8/c1-5-7(13-3-11-1)17-9(15-5)10-16-6-2-12-4-14-8(6)18-10/h1-4,9,15H,(H,11,13,17)(H,12,14,16,18). The van der Waals surface area contributed by atoms with Crippen LogP contribution in [0.5, 0.6) is 0 Å². The molecule has 3 N–H and O–H groups in total. The Labute approximate surface area is 101 Å². The molecule has 4 rings (SSSR count). The Balaban J connectivity index is 1.73. The minimum absolute atomic E-state index is 0.161. The molecule has 0 spiro atoms. The lowest BCUT2D eigenvalue weighted by molar-refractivity contribution is 0.854. The van der Waals surface area contributed by atoms with Crippen molar-refractivity contribution in [3.63, 3.8) is 0 Å². The Kier molecular flexibility index (Phi) is 1.73. The van der Waals surface area contributed by atoms with Crippen LogP contribution in [-0.2, 0) is 0 Å². The van der Waals surface area contributed by atoms with E-state index in [1.807, 2.05) is 0 Å². The lowest BCUT2D eigenvalue weighted by atomic mass is 10.5. The molecule has 3 aromatic heterocycles. The van der Waals surface area contributed by atoms with E-state index in [4.69, 9.17) is 0 Å². The fourth-order valence-corrected chi connectivity index (χ4v) is 1.93. The van der Waals surface area contributed by atoms with Crippen LogP contribution >= 0.6 is 0 Å². The van der Waals surface area contributed by atoms with Crippen molar-refractivity contribution in [2.45, 2.75) is 6.17 Å². The number of aromatic nitrogens is 6. The van der Waals surface area contributed by atoms with Crippen LogP contribution < -0.4 is 10.6 Å². The Bertz CT molecular complexity index is 662. The van der Waals surface area contributed by atoms with Gasteiger partial charge >= 0.3 is 0 Å². The van der Waals surface area contributed by atoms with E-state index in [1.54, 1.807) is 12.4 Å². The van der Waals surface area contributed by atoms with Crippen molar-refractivity contribution >= 4 is 22.7 Å². The summed E-state index contributed by atoms with van der Waals surface area (Å²) in [6.07, 6.45) is 6.23. The minimum Gasteiger partial charge on any atom is -0.355 e. The zero-order valence-corrected chi connectivity index (χ0v) is 9.12. The van der Waals surface area contributed by atoms with Gasteiger partial charge in [0.15, 0.2) is 23.5 Å². The molecule has 8 heteroatoms. The van der Waals surface area contributed by atoms with Gasteiger partial charge in [0.1, 0.15) is 18.2 Å². The Hall–Kier alpha value is -2.77. The highest BCUT2D eigenvalue weighted by atomic mass is 15.3. The number of fused-ring (bicyclic) bond motifs is 2. The normalized spacial score (nSPS) is 17.2. The number of hydrogen-bond acceptors (Lipinski definition) is 7. The summed E-state index contributed by atoms with van der Waals surface area (Å²) in [5, 5.41) is 6.44. The predicted molar refractivity (Wildman–Crippen MR) is 63.7 cm³/mol. The molecule has 18 heavy (non-hydrogen) atoms. The van der Waals surface area contributed by atoms with Crippen molar-refractivity contribution in [1.29, 1.82) is 0 Å². The smallest absolute Gasteiger partial charge is 0.180 e. The van der Waals surface area contributed by atoms with E-state index in [-0.39, 0.29) is 6.17 Å². The molecular formula is C10H8N8. The quantitative estimate of drug-likeness (QED) is 0.574. The second-order valence-electron chi connectivity index (χ2n) is 3.89. The van der Waals surface area contributed by atoms with Crippen LogP contribution in [0.25, 0.3) is 11.2 Å². The average molecular weight is 240 g/mol. The summed E-state index contributed by atoms with van der Waals surface area (Å²) in [5.41, 5.74) is 2.30. The Morgan fingerprint density at radius 3 is 2.78 bits per heavy atom. The summed E-state index contributed by atoms with van der Waals surface area (Å²) in [6.45, 7) is 0. The van der Waals surface area contributed by atoms with Crippen molar-refractivity contribution < 1.29 is 0 Å². The zero-order chi connectivity index (χ0) is 11.9. The van der Waals surface area contributed by atoms with E-state index in [0.29, 0.717) is 5.65 Å². The molecule has 1 atom stereocenters. The van der Waals surface area contributed by atoms with Crippen LogP contribution in [0.4, 0.5) is 11.5 Å². The van der Waals surface area contributed by atoms with E-state index in [1.165, 1.54) is 12.7 Å². The zero-order valence-electron chi connectivity index (χ0n) is 9.12. The van der Waals surface area contributed by atoms with Gasteiger partial charge < -0.3 is 15.6 Å². The summed E-state index contributed by atoms with van der Waals surface area (Å²) in [4.78, 5) is 23.7. The van der Waals surface area contributed by atoms with Crippen molar-refractivity contribution in [3.05, 3.63) is 30.9 Å². The van der Waals surface area contributed by atoms with Gasteiger partial charge in [-0.25, -0.2) is 24.9 Å². The van der Waals surface area contributed by atoms with Gasteiger partial charge in [-0.2, -0.15) is 0 Å². The number of nitrogens with zero attached hydrogens (tertiary/aromatic N) is 5. The lowest BCUT2D eigenvalue weighted by Gasteiger charge is -2.07. The van der Waals surface area contributed by atoms with Crippen molar-refractivity contribution in [2.75, 3.05) is 10.6 Å². The van der Waals surface area contributed by atoms with Crippen molar-refractivity contribution in [1.82, 2.24) is 29.9 Å².